The van der Waals surface area contributed by atoms with E-state index < -0.39 is 73.0 Å². The molecule has 135 heavy (non-hydrogen) atoms. The van der Waals surface area contributed by atoms with Crippen molar-refractivity contribution in [3.05, 3.63) is 179 Å². The van der Waals surface area contributed by atoms with Gasteiger partial charge >= 0.3 is 118 Å². The van der Waals surface area contributed by atoms with Crippen molar-refractivity contribution in [1.29, 1.82) is 5.26 Å². The number of hydrogen-bond donors (Lipinski definition) is 11. The number of nitrogens with one attached hydrogen (secondary N) is 9. The number of hydrogen-bond acceptors (Lipinski definition) is 42. The second-order valence-corrected chi connectivity index (χ2v) is 38.2. The van der Waals surface area contributed by atoms with Crippen molar-refractivity contribution >= 4 is 215 Å². The Morgan fingerprint density at radius 1 is 0.511 bits per heavy atom. The Hall–Kier alpha value is -9.91. The number of rotatable bonds is 30. The summed E-state index contributed by atoms with van der Waals surface area (Å²) in [6.07, 6.45) is 8.50. The number of anilines is 13. The van der Waals surface area contributed by atoms with Crippen LogP contribution in [0, 0.1) is 23.2 Å². The maximum Gasteiger partial charge on any atom is 1.00 e. The maximum absolute atomic E-state index is 15.1. The van der Waals surface area contributed by atoms with Crippen LogP contribution in [0.2, 0.25) is 0 Å². The predicted molar refractivity (Wildman–Crippen MR) is 478 cm³/mol. The van der Waals surface area contributed by atoms with Crippen LogP contribution < -0.4 is 187 Å². The van der Waals surface area contributed by atoms with Gasteiger partial charge in [0.2, 0.25) is 35.7 Å². The van der Waals surface area contributed by atoms with E-state index in [1.165, 1.54) is 60.8 Å². The zero-order chi connectivity index (χ0) is 91.4. The molecule has 4 aromatic heterocycles. The van der Waals surface area contributed by atoms with Crippen molar-refractivity contribution in [3.63, 3.8) is 0 Å². The number of aromatic nitrogens is 8. The largest absolute Gasteiger partial charge is 1.00 e. The molecule has 6 aliphatic rings. The van der Waals surface area contributed by atoms with Crippen LogP contribution in [-0.4, -0.2) is 144 Å². The number of fused-ring (bicyclic) bond motifs is 6. The molecule has 2 fully saturated rings. The number of para-hydroxylation sites is 2. The SMILES string of the molecule is C=NCC=Nc1nc2ccc(Nc3cc(Nc4nc(N)nc(NC5CCC(CC6CCC(Nc7nc(N)nc(Nc8cc(Nc9ccc%10nc(NCCC#N)c(C%11=Nc%12ccccc%12S(=O)(=O)N%11)c%11c%10c9C(=O)c9ccccc9-%11)c(SOO[O-])cc8S(=O)(=O)[O-])n7)CC6)CC5)n4)c(SOO[O-])cc3S(=O)(=O)[O-])c3c2c(c1C1=Nc2ccccc2S(=O)(=O)N1)-c1ccccc1C3=O.[Na+].[Na+].[Na+].[Na+]. The number of ketones is 2. The Morgan fingerprint density at radius 3 is 1.41 bits per heavy atom. The van der Waals surface area contributed by atoms with Crippen LogP contribution in [-0.2, 0) is 59.0 Å². The van der Waals surface area contributed by atoms with E-state index in [1.54, 1.807) is 78.9 Å². The number of sulfonamides is 2. The zero-order valence-electron chi connectivity index (χ0n) is 71.7. The third-order valence-electron chi connectivity index (χ3n) is 22.7. The third kappa shape index (κ3) is 21.1. The maximum atomic E-state index is 15.1. The van der Waals surface area contributed by atoms with Crippen LogP contribution in [0.3, 0.4) is 0 Å². The normalized spacial score (nSPS) is 16.9. The first-order chi connectivity index (χ1) is 63.1. The van der Waals surface area contributed by atoms with Gasteiger partial charge in [-0.25, -0.2) is 58.6 Å². The van der Waals surface area contributed by atoms with Gasteiger partial charge in [0.1, 0.15) is 35.8 Å². The standard InChI is InChI=1S/C83H72N24O18S6.4Na/c1-87-33-34-89-75-71(77-95-49-16-7-9-18-61(49)129(114,115)107-77)65-45-12-3-5-14-47(45)73(109)69-53(30-28-51(97-75)67(65)69)93-56-37-55(59(127-125-123-111)39-62(56)130(116,117)118)98-82-102-78(85)100-80(104-82)90-42-23-19-40(20-24-42)35-41-21-25-43(26-22-41)91-81-101-79(86)103-83(105-81)99-57-36-54(58(126-124-122-110)38-63(57)131(119,120)121)92-52-29-27-50-66-64(44-11-2-4-13-46(44)72(108)68(52)66)70(74(96-50)88-32-10-31-84)76-94-48-15-6-8-17-60(48)128(112,113)106-76;;;;/h2-9,11-18,27-30,34,36-43,92-93,110-111H,1,10,19-26,32-33,35H2,(H,88,96)(H,94,106)(H,95,107)(H,116,117,118)(H,119,120,121)(H4,85,90,98,100,102,104)(H4,86,91,99,101,103,105);;;;/q;4*+1/p-4. The predicted octanol–water partition coefficient (Wildman–Crippen LogP) is -1.50. The summed E-state index contributed by atoms with van der Waals surface area (Å²) in [6, 6.07) is 37.3. The number of carbonyl (C=O) groups is 2. The molecule has 42 nitrogen and oxygen atoms in total. The van der Waals surface area contributed by atoms with Crippen LogP contribution in [0.1, 0.15) is 107 Å². The molecule has 18 rings (SSSR count). The Bertz CT molecular complexity index is 7450. The van der Waals surface area contributed by atoms with Crippen molar-refractivity contribution in [3.8, 4) is 28.3 Å². The molecule has 52 heteroatoms. The second-order valence-electron chi connectivity index (χ2n) is 30.7. The molecule has 0 atom stereocenters. The van der Waals surface area contributed by atoms with Crippen LogP contribution in [0.25, 0.3) is 44.1 Å². The zero-order valence-corrected chi connectivity index (χ0v) is 84.6. The summed E-state index contributed by atoms with van der Waals surface area (Å²) in [5.41, 5.74) is 14.2. The minimum atomic E-state index is -5.45. The van der Waals surface area contributed by atoms with Gasteiger partial charge < -0.3 is 68.3 Å². The van der Waals surface area contributed by atoms with Crippen molar-refractivity contribution in [2.24, 2.45) is 31.8 Å². The van der Waals surface area contributed by atoms with Crippen LogP contribution >= 0.6 is 24.1 Å². The van der Waals surface area contributed by atoms with Crippen molar-refractivity contribution in [1.82, 2.24) is 49.3 Å². The first kappa shape index (κ1) is 101. The van der Waals surface area contributed by atoms with Gasteiger partial charge in [-0.05, 0) is 160 Å². The fourth-order valence-electron chi connectivity index (χ4n) is 17.1. The molecule has 668 valence electrons. The number of aliphatic imine (C=N–C) groups is 4. The second kappa shape index (κ2) is 42.2. The van der Waals surface area contributed by atoms with E-state index in [4.69, 9.17) is 35.8 Å². The number of nitrogen functional groups attached to an aromatic ring is 2. The number of nitrogens with two attached hydrogens (primary N) is 2. The van der Waals surface area contributed by atoms with Gasteiger partial charge in [-0.2, -0.15) is 43.8 Å². The number of nitriles is 1. The fraction of sp³-hybridized carbons (Fsp3) is 0.193. The van der Waals surface area contributed by atoms with Gasteiger partial charge in [-0.15, -0.1) is 0 Å². The molecule has 0 bridgehead atoms. The van der Waals surface area contributed by atoms with E-state index in [1.807, 2.05) is 0 Å². The van der Waals surface area contributed by atoms with E-state index in [2.05, 4.69) is 114 Å². The van der Waals surface area contributed by atoms with Crippen LogP contribution in [0.4, 0.5) is 92.8 Å². The van der Waals surface area contributed by atoms with Crippen molar-refractivity contribution in [2.45, 2.75) is 106 Å². The monoisotopic (exact) mass is 1970 g/mol. The Balaban J connectivity index is 0.00000365. The smallest absolute Gasteiger partial charge is 0.744 e. The number of benzene rings is 8. The molecule has 0 saturated heterocycles. The molecule has 8 aromatic carbocycles. The molecular weight excluding hydrogens is 1910 g/mol. The summed E-state index contributed by atoms with van der Waals surface area (Å²) in [5.74, 6) is -1.52. The molecular formula is C83H68N24Na4O18S6. The van der Waals surface area contributed by atoms with E-state index in [9.17, 15) is 58.6 Å². The Labute approximate surface area is 866 Å². The van der Waals surface area contributed by atoms with Gasteiger partial charge in [0.15, 0.2) is 29.1 Å². The summed E-state index contributed by atoms with van der Waals surface area (Å²) in [5, 5.41) is 61.9. The summed E-state index contributed by atoms with van der Waals surface area (Å²) >= 11 is 0.471. The van der Waals surface area contributed by atoms with Gasteiger partial charge in [0.05, 0.1) is 141 Å². The first-order valence-electron chi connectivity index (χ1n) is 40.1. The topological polar surface area (TPSA) is 637 Å². The third-order valence-corrected chi connectivity index (χ3v) is 28.5. The summed E-state index contributed by atoms with van der Waals surface area (Å²) in [6.45, 7) is 3.65. The van der Waals surface area contributed by atoms with Gasteiger partial charge in [0, 0.05) is 57.9 Å². The molecule has 12 aromatic rings. The molecule has 2 aliphatic heterocycles. The van der Waals surface area contributed by atoms with Gasteiger partial charge in [0.25, 0.3) is 20.0 Å². The fourth-order valence-corrected chi connectivity index (χ4v) is 21.8. The molecule has 0 amide bonds. The molecule has 0 radical (unpaired) electrons. The van der Waals surface area contributed by atoms with Gasteiger partial charge in [-0.3, -0.25) is 34.1 Å². The average Bonchev–Trinajstić information content (AvgIpc) is 0.709. The van der Waals surface area contributed by atoms with Crippen LogP contribution in [0.15, 0.2) is 195 Å². The summed E-state index contributed by atoms with van der Waals surface area (Å²) in [7, 11) is -19.4. The number of nitrogens with zero attached hydrogens (tertiary/aromatic N) is 13. The van der Waals surface area contributed by atoms with Crippen molar-refractivity contribution in [2.75, 3.05) is 61.8 Å². The van der Waals surface area contributed by atoms with E-state index in [0.717, 1.165) is 44.2 Å². The van der Waals surface area contributed by atoms with E-state index >= 15 is 9.59 Å². The van der Waals surface area contributed by atoms with Gasteiger partial charge in [-0.1, -0.05) is 72.8 Å². The summed E-state index contributed by atoms with van der Waals surface area (Å²) in [4.78, 5) is 81.9. The van der Waals surface area contributed by atoms with E-state index in [0.29, 0.717) is 54.2 Å². The number of carbonyl (C=O) groups excluding carboxylic acids is 2. The summed E-state index contributed by atoms with van der Waals surface area (Å²) < 4.78 is 150. The molecule has 2 saturated carbocycles. The first-order valence-corrected chi connectivity index (χ1v) is 47.3. The minimum absolute atomic E-state index is 0. The molecule has 4 aliphatic carbocycles. The number of amidine groups is 2. The minimum Gasteiger partial charge on any atom is -0.744 e. The number of pyridine rings is 2. The molecule has 13 N–H and O–H groups in total. The quantitative estimate of drug-likeness (QED) is 0.00464. The van der Waals surface area contributed by atoms with Crippen molar-refractivity contribution < 1.29 is 200 Å². The van der Waals surface area contributed by atoms with E-state index in [-0.39, 0.29) is 347 Å². The molecule has 0 unspecified atom stereocenters. The Morgan fingerprint density at radius 2 is 0.933 bits per heavy atom. The molecule has 0 spiro atoms. The van der Waals surface area contributed by atoms with Crippen LogP contribution in [0.5, 0.6) is 0 Å². The average molecular weight is 1970 g/mol. The molecule has 6 heterocycles. The Kier molecular flexibility index (Phi) is 31.6.